The molecule has 0 saturated carbocycles. The number of carbonyl (C=O) groups is 1. The molecule has 0 bridgehead atoms. The number of hydrogen-bond acceptors (Lipinski definition) is 2. The van der Waals surface area contributed by atoms with E-state index in [4.69, 9.17) is 0 Å². The van der Waals surface area contributed by atoms with Gasteiger partial charge in [0.25, 0.3) is 0 Å². The molecule has 3 heteroatoms. The van der Waals surface area contributed by atoms with Gasteiger partial charge in [-0.2, -0.15) is 0 Å². The molecular weight excluding hydrogens is 164 g/mol. The highest BCUT2D eigenvalue weighted by molar-refractivity contribution is 5.88. The number of rotatable bonds is 1. The van der Waals surface area contributed by atoms with Gasteiger partial charge in [0.05, 0.1) is 6.04 Å². The summed E-state index contributed by atoms with van der Waals surface area (Å²) >= 11 is 0. The topological polar surface area (TPSA) is 42.0 Å². The maximum Gasteiger partial charge on any atom is 0.244 e. The highest BCUT2D eigenvalue weighted by Crippen LogP contribution is 2.18. The number of nitrogens with zero attached hydrogens (tertiary/aromatic N) is 1. The molecule has 2 rings (SSSR count). The first kappa shape index (κ1) is 7.98. The molecule has 1 atom stereocenters. The fourth-order valence-electron chi connectivity index (χ4n) is 1.39. The molecule has 1 unspecified atom stereocenters. The Morgan fingerprint density at radius 1 is 1.54 bits per heavy atom. The molecule has 1 amide bonds. The first-order chi connectivity index (χ1) is 6.36. The van der Waals surface area contributed by atoms with Crippen molar-refractivity contribution in [2.75, 3.05) is 0 Å². The van der Waals surface area contributed by atoms with Gasteiger partial charge in [-0.25, -0.2) is 0 Å². The predicted molar refractivity (Wildman–Crippen MR) is 48.9 cm³/mol. The number of hydrogen-bond donors (Lipinski definition) is 1. The Labute approximate surface area is 76.5 Å². The van der Waals surface area contributed by atoms with Crippen LogP contribution in [-0.2, 0) is 4.79 Å². The first-order valence-corrected chi connectivity index (χ1v) is 4.23. The highest BCUT2D eigenvalue weighted by atomic mass is 16.1. The summed E-state index contributed by atoms with van der Waals surface area (Å²) in [4.78, 5) is 15.0. The third-order valence-corrected chi connectivity index (χ3v) is 2.04. The van der Waals surface area contributed by atoms with Crippen LogP contribution >= 0.6 is 0 Å². The predicted octanol–water partition coefficient (Wildman–Crippen LogP) is 1.20. The smallest absolute Gasteiger partial charge is 0.244 e. The largest absolute Gasteiger partial charge is 0.345 e. The molecule has 2 heterocycles. The van der Waals surface area contributed by atoms with E-state index in [-0.39, 0.29) is 11.9 Å². The third-order valence-electron chi connectivity index (χ3n) is 2.04. The van der Waals surface area contributed by atoms with Gasteiger partial charge in [0.2, 0.25) is 5.91 Å². The van der Waals surface area contributed by atoms with Gasteiger partial charge in [0, 0.05) is 12.4 Å². The maximum atomic E-state index is 11.0. The number of pyridine rings is 1. The van der Waals surface area contributed by atoms with Crippen molar-refractivity contribution in [3.05, 3.63) is 42.2 Å². The SMILES string of the molecule is O=C1C=CCC(c2cccnc2)N1. The molecule has 0 aliphatic carbocycles. The van der Waals surface area contributed by atoms with E-state index in [1.54, 1.807) is 18.5 Å². The zero-order chi connectivity index (χ0) is 9.10. The van der Waals surface area contributed by atoms with E-state index >= 15 is 0 Å². The van der Waals surface area contributed by atoms with Crippen LogP contribution in [0.25, 0.3) is 0 Å². The Hall–Kier alpha value is -1.64. The number of aromatic nitrogens is 1. The van der Waals surface area contributed by atoms with Crippen LogP contribution in [0.4, 0.5) is 0 Å². The van der Waals surface area contributed by atoms with Crippen molar-refractivity contribution >= 4 is 5.91 Å². The van der Waals surface area contributed by atoms with Crippen LogP contribution in [0.3, 0.4) is 0 Å². The van der Waals surface area contributed by atoms with Crippen molar-refractivity contribution in [1.82, 2.24) is 10.3 Å². The molecule has 0 aromatic carbocycles. The van der Waals surface area contributed by atoms with E-state index in [0.29, 0.717) is 0 Å². The van der Waals surface area contributed by atoms with Gasteiger partial charge >= 0.3 is 0 Å². The quantitative estimate of drug-likeness (QED) is 0.695. The van der Waals surface area contributed by atoms with Crippen molar-refractivity contribution in [3.63, 3.8) is 0 Å². The number of carbonyl (C=O) groups excluding carboxylic acids is 1. The molecule has 0 saturated heterocycles. The van der Waals surface area contributed by atoms with Crippen LogP contribution in [-0.4, -0.2) is 10.9 Å². The summed E-state index contributed by atoms with van der Waals surface area (Å²) in [7, 11) is 0. The zero-order valence-corrected chi connectivity index (χ0v) is 7.10. The van der Waals surface area contributed by atoms with Gasteiger partial charge in [0.15, 0.2) is 0 Å². The molecule has 0 fully saturated rings. The minimum Gasteiger partial charge on any atom is -0.345 e. The Balaban J connectivity index is 2.19. The summed E-state index contributed by atoms with van der Waals surface area (Å²) in [6, 6.07) is 3.93. The fourth-order valence-corrected chi connectivity index (χ4v) is 1.39. The Kier molecular flexibility index (Phi) is 2.08. The standard InChI is InChI=1S/C10H10N2O/c13-10-5-1-4-9(12-10)8-3-2-6-11-7-8/h1-3,5-7,9H,4H2,(H,12,13). The summed E-state index contributed by atoms with van der Waals surface area (Å²) in [5.41, 5.74) is 1.06. The first-order valence-electron chi connectivity index (χ1n) is 4.23. The lowest BCUT2D eigenvalue weighted by molar-refractivity contribution is -0.117. The second-order valence-corrected chi connectivity index (χ2v) is 2.99. The molecule has 0 spiro atoms. The van der Waals surface area contributed by atoms with Crippen LogP contribution in [0, 0.1) is 0 Å². The molecule has 1 aromatic rings. The summed E-state index contributed by atoms with van der Waals surface area (Å²) < 4.78 is 0. The van der Waals surface area contributed by atoms with Crippen molar-refractivity contribution in [2.45, 2.75) is 12.5 Å². The molecule has 13 heavy (non-hydrogen) atoms. The normalized spacial score (nSPS) is 21.2. The Morgan fingerprint density at radius 3 is 3.15 bits per heavy atom. The molecule has 0 radical (unpaired) electrons. The molecule has 3 nitrogen and oxygen atoms in total. The van der Waals surface area contributed by atoms with Gasteiger partial charge in [-0.1, -0.05) is 12.1 Å². The van der Waals surface area contributed by atoms with E-state index in [1.807, 2.05) is 18.2 Å². The molecule has 1 aliphatic heterocycles. The summed E-state index contributed by atoms with van der Waals surface area (Å²) in [5.74, 6) is -0.0277. The van der Waals surface area contributed by atoms with E-state index in [1.165, 1.54) is 0 Å². The molecule has 1 aromatic heterocycles. The van der Waals surface area contributed by atoms with Gasteiger partial charge in [-0.15, -0.1) is 0 Å². The zero-order valence-electron chi connectivity index (χ0n) is 7.10. The summed E-state index contributed by atoms with van der Waals surface area (Å²) in [6.07, 6.45) is 7.80. The number of amides is 1. The number of nitrogens with one attached hydrogen (secondary N) is 1. The second kappa shape index (κ2) is 3.39. The monoisotopic (exact) mass is 174 g/mol. The molecule has 1 N–H and O–H groups in total. The summed E-state index contributed by atoms with van der Waals surface area (Å²) in [6.45, 7) is 0. The average molecular weight is 174 g/mol. The van der Waals surface area contributed by atoms with Crippen molar-refractivity contribution in [1.29, 1.82) is 0 Å². The summed E-state index contributed by atoms with van der Waals surface area (Å²) in [5, 5.41) is 2.87. The molecular formula is C10H10N2O. The van der Waals surface area contributed by atoms with Crippen molar-refractivity contribution < 1.29 is 4.79 Å². The van der Waals surface area contributed by atoms with Crippen molar-refractivity contribution in [2.24, 2.45) is 0 Å². The van der Waals surface area contributed by atoms with Gasteiger partial charge in [0.1, 0.15) is 0 Å². The Morgan fingerprint density at radius 2 is 2.46 bits per heavy atom. The van der Waals surface area contributed by atoms with Gasteiger partial charge in [-0.3, -0.25) is 9.78 Å². The highest BCUT2D eigenvalue weighted by Gasteiger charge is 2.14. The van der Waals surface area contributed by atoms with Crippen LogP contribution in [0.5, 0.6) is 0 Å². The van der Waals surface area contributed by atoms with E-state index < -0.39 is 0 Å². The lowest BCUT2D eigenvalue weighted by atomic mass is 10.0. The van der Waals surface area contributed by atoms with Crippen LogP contribution in [0.1, 0.15) is 18.0 Å². The fraction of sp³-hybridized carbons (Fsp3) is 0.200. The van der Waals surface area contributed by atoms with E-state index in [9.17, 15) is 4.79 Å². The van der Waals surface area contributed by atoms with E-state index in [0.717, 1.165) is 12.0 Å². The second-order valence-electron chi connectivity index (χ2n) is 2.99. The average Bonchev–Trinajstić information content (AvgIpc) is 2.19. The minimum absolute atomic E-state index is 0.0277. The molecule has 66 valence electrons. The van der Waals surface area contributed by atoms with Crippen LogP contribution in [0.15, 0.2) is 36.7 Å². The van der Waals surface area contributed by atoms with Crippen molar-refractivity contribution in [3.8, 4) is 0 Å². The lowest BCUT2D eigenvalue weighted by Crippen LogP contribution is -2.29. The van der Waals surface area contributed by atoms with Gasteiger partial charge in [-0.05, 0) is 24.1 Å². The Bertz CT molecular complexity index is 332. The van der Waals surface area contributed by atoms with Gasteiger partial charge < -0.3 is 5.32 Å². The van der Waals surface area contributed by atoms with E-state index in [2.05, 4.69) is 10.3 Å². The third kappa shape index (κ3) is 1.75. The lowest BCUT2D eigenvalue weighted by Gasteiger charge is -2.19. The maximum absolute atomic E-state index is 11.0. The van der Waals surface area contributed by atoms with Crippen LogP contribution < -0.4 is 5.32 Å². The molecule has 1 aliphatic rings. The minimum atomic E-state index is -0.0277. The van der Waals surface area contributed by atoms with Crippen LogP contribution in [0.2, 0.25) is 0 Å².